The first kappa shape index (κ1) is 19.8. The number of nitrogens with zero attached hydrogens (tertiary/aromatic N) is 5. The fraction of sp³-hybridized carbons (Fsp3) is 0.550. The molecule has 0 spiro atoms. The quantitative estimate of drug-likeness (QED) is 0.750. The summed E-state index contributed by atoms with van der Waals surface area (Å²) in [7, 11) is 0. The molecular weight excluding hydrogens is 377 g/mol. The van der Waals surface area contributed by atoms with Crippen molar-refractivity contribution >= 4 is 11.6 Å². The van der Waals surface area contributed by atoms with E-state index in [1.54, 1.807) is 17.0 Å². The molecule has 8 nitrogen and oxygen atoms in total. The molecule has 9 heteroatoms. The highest BCUT2D eigenvalue weighted by Gasteiger charge is 2.24. The minimum atomic E-state index is -0.361. The lowest BCUT2D eigenvalue weighted by molar-refractivity contribution is 0.0624. The molecule has 2 aromatic rings. The Kier molecular flexibility index (Phi) is 6.05. The molecule has 1 amide bonds. The van der Waals surface area contributed by atoms with E-state index >= 15 is 0 Å². The van der Waals surface area contributed by atoms with E-state index in [1.807, 2.05) is 11.8 Å². The topological polar surface area (TPSA) is 74.9 Å². The molecule has 2 saturated heterocycles. The fourth-order valence-electron chi connectivity index (χ4n) is 3.69. The molecule has 2 aliphatic rings. The first-order valence-electron chi connectivity index (χ1n) is 10.1. The molecule has 0 saturated carbocycles. The van der Waals surface area contributed by atoms with Gasteiger partial charge in [-0.1, -0.05) is 12.1 Å². The average molecular weight is 403 g/mol. The minimum Gasteiger partial charge on any atom is -0.378 e. The minimum absolute atomic E-state index is 0.134. The zero-order valence-corrected chi connectivity index (χ0v) is 16.6. The van der Waals surface area contributed by atoms with Crippen LogP contribution in [0.3, 0.4) is 0 Å². The van der Waals surface area contributed by atoms with Crippen LogP contribution in [0.25, 0.3) is 0 Å². The molecule has 3 heterocycles. The van der Waals surface area contributed by atoms with Gasteiger partial charge in [-0.25, -0.2) is 4.39 Å². The SMILES string of the molecule is CCc1nc(CN2CCN(C(=O)c3ccc(N4CCOCC4)c(F)c3)CC2)no1. The second-order valence-corrected chi connectivity index (χ2v) is 7.29. The molecule has 0 aliphatic carbocycles. The largest absolute Gasteiger partial charge is 0.378 e. The molecule has 156 valence electrons. The number of halogens is 1. The highest BCUT2D eigenvalue weighted by Crippen LogP contribution is 2.22. The van der Waals surface area contributed by atoms with Crippen LogP contribution in [0, 0.1) is 5.82 Å². The number of hydrogen-bond donors (Lipinski definition) is 0. The second kappa shape index (κ2) is 8.87. The number of aryl methyl sites for hydroxylation is 1. The highest BCUT2D eigenvalue weighted by atomic mass is 19.1. The number of carbonyl (C=O) groups is 1. The summed E-state index contributed by atoms with van der Waals surface area (Å²) >= 11 is 0. The lowest BCUT2D eigenvalue weighted by atomic mass is 10.1. The second-order valence-electron chi connectivity index (χ2n) is 7.29. The Labute approximate surface area is 169 Å². The van der Waals surface area contributed by atoms with Gasteiger partial charge in [-0.3, -0.25) is 9.69 Å². The van der Waals surface area contributed by atoms with E-state index in [0.29, 0.717) is 68.9 Å². The molecule has 1 aromatic carbocycles. The molecule has 0 unspecified atom stereocenters. The van der Waals surface area contributed by atoms with Gasteiger partial charge in [0.25, 0.3) is 5.91 Å². The Morgan fingerprint density at radius 1 is 1.14 bits per heavy atom. The van der Waals surface area contributed by atoms with Crippen molar-refractivity contribution in [2.45, 2.75) is 19.9 Å². The van der Waals surface area contributed by atoms with E-state index in [-0.39, 0.29) is 11.7 Å². The lowest BCUT2D eigenvalue weighted by Crippen LogP contribution is -2.48. The van der Waals surface area contributed by atoms with Gasteiger partial charge in [-0.15, -0.1) is 0 Å². The Morgan fingerprint density at radius 2 is 1.90 bits per heavy atom. The van der Waals surface area contributed by atoms with Gasteiger partial charge in [0.05, 0.1) is 25.4 Å². The zero-order valence-electron chi connectivity index (χ0n) is 16.6. The van der Waals surface area contributed by atoms with Crippen LogP contribution in [0.4, 0.5) is 10.1 Å². The van der Waals surface area contributed by atoms with E-state index in [2.05, 4.69) is 15.0 Å². The predicted molar refractivity (Wildman–Crippen MR) is 104 cm³/mol. The van der Waals surface area contributed by atoms with Crippen LogP contribution in [0.5, 0.6) is 0 Å². The number of amides is 1. The van der Waals surface area contributed by atoms with Crippen molar-refractivity contribution in [3.63, 3.8) is 0 Å². The van der Waals surface area contributed by atoms with Gasteiger partial charge < -0.3 is 19.1 Å². The van der Waals surface area contributed by atoms with Crippen LogP contribution in [0.1, 0.15) is 29.0 Å². The van der Waals surface area contributed by atoms with E-state index in [9.17, 15) is 9.18 Å². The van der Waals surface area contributed by atoms with E-state index in [4.69, 9.17) is 9.26 Å². The molecular formula is C20H26FN5O3. The summed E-state index contributed by atoms with van der Waals surface area (Å²) in [5, 5.41) is 3.98. The normalized spacial score (nSPS) is 18.3. The Balaban J connectivity index is 1.33. The van der Waals surface area contributed by atoms with Gasteiger partial charge in [-0.05, 0) is 18.2 Å². The van der Waals surface area contributed by atoms with Crippen LogP contribution in [-0.4, -0.2) is 78.3 Å². The van der Waals surface area contributed by atoms with Crippen LogP contribution in [0.15, 0.2) is 22.7 Å². The number of ether oxygens (including phenoxy) is 1. The first-order chi connectivity index (χ1) is 14.1. The number of carbonyl (C=O) groups excluding carboxylic acids is 1. The standard InChI is InChI=1S/C20H26FN5O3/c1-2-19-22-18(23-29-19)14-24-5-7-26(8-6-24)20(27)15-3-4-17(16(21)13-15)25-9-11-28-12-10-25/h3-4,13H,2,5-12,14H2,1H3. The summed E-state index contributed by atoms with van der Waals surface area (Å²) in [6.07, 6.45) is 0.718. The summed E-state index contributed by atoms with van der Waals surface area (Å²) in [6.45, 7) is 7.69. The Hall–Kier alpha value is -2.52. The number of anilines is 1. The molecule has 29 heavy (non-hydrogen) atoms. The number of rotatable bonds is 5. The van der Waals surface area contributed by atoms with Gasteiger partial charge in [0.2, 0.25) is 5.89 Å². The maximum Gasteiger partial charge on any atom is 0.254 e. The van der Waals surface area contributed by atoms with E-state index in [1.165, 1.54) is 6.07 Å². The molecule has 1 aromatic heterocycles. The zero-order chi connectivity index (χ0) is 20.2. The van der Waals surface area contributed by atoms with E-state index < -0.39 is 0 Å². The molecule has 2 fully saturated rings. The summed E-state index contributed by atoms with van der Waals surface area (Å²) < 4.78 is 25.1. The lowest BCUT2D eigenvalue weighted by Gasteiger charge is -2.34. The summed E-state index contributed by atoms with van der Waals surface area (Å²) in [5.41, 5.74) is 0.917. The molecule has 2 aliphatic heterocycles. The average Bonchev–Trinajstić information content (AvgIpc) is 3.22. The predicted octanol–water partition coefficient (Wildman–Crippen LogP) is 1.57. The molecule has 0 bridgehead atoms. The molecule has 0 N–H and O–H groups in total. The van der Waals surface area contributed by atoms with Crippen molar-refractivity contribution in [2.75, 3.05) is 57.4 Å². The Morgan fingerprint density at radius 3 is 2.55 bits per heavy atom. The molecule has 0 radical (unpaired) electrons. The third-order valence-electron chi connectivity index (χ3n) is 5.38. The monoisotopic (exact) mass is 403 g/mol. The number of morpholine rings is 1. The van der Waals surface area contributed by atoms with Crippen molar-refractivity contribution < 1.29 is 18.4 Å². The van der Waals surface area contributed by atoms with Crippen LogP contribution < -0.4 is 4.90 Å². The maximum atomic E-state index is 14.6. The molecule has 4 rings (SSSR count). The number of aromatic nitrogens is 2. The van der Waals surface area contributed by atoms with Gasteiger partial charge in [0.1, 0.15) is 5.82 Å². The van der Waals surface area contributed by atoms with Gasteiger partial charge >= 0.3 is 0 Å². The number of hydrogen-bond acceptors (Lipinski definition) is 7. The summed E-state index contributed by atoms with van der Waals surface area (Å²) in [5.74, 6) is 0.809. The smallest absolute Gasteiger partial charge is 0.254 e. The van der Waals surface area contributed by atoms with Gasteiger partial charge in [0, 0.05) is 51.3 Å². The maximum absolute atomic E-state index is 14.6. The fourth-order valence-corrected chi connectivity index (χ4v) is 3.69. The van der Waals surface area contributed by atoms with Crippen LogP contribution in [0.2, 0.25) is 0 Å². The highest BCUT2D eigenvalue weighted by molar-refractivity contribution is 5.94. The first-order valence-corrected chi connectivity index (χ1v) is 10.1. The van der Waals surface area contributed by atoms with Crippen LogP contribution in [-0.2, 0) is 17.7 Å². The van der Waals surface area contributed by atoms with Crippen molar-refractivity contribution in [3.05, 3.63) is 41.3 Å². The summed E-state index contributed by atoms with van der Waals surface area (Å²) in [6, 6.07) is 4.77. The van der Waals surface area contributed by atoms with Crippen molar-refractivity contribution in [1.82, 2.24) is 19.9 Å². The summed E-state index contributed by atoms with van der Waals surface area (Å²) in [4.78, 5) is 23.1. The van der Waals surface area contributed by atoms with Crippen molar-refractivity contribution in [3.8, 4) is 0 Å². The van der Waals surface area contributed by atoms with Crippen molar-refractivity contribution in [2.24, 2.45) is 0 Å². The van der Waals surface area contributed by atoms with E-state index in [0.717, 1.165) is 19.5 Å². The van der Waals surface area contributed by atoms with Crippen LogP contribution >= 0.6 is 0 Å². The van der Waals surface area contributed by atoms with Gasteiger partial charge in [-0.2, -0.15) is 4.98 Å². The number of benzene rings is 1. The third kappa shape index (κ3) is 4.56. The number of piperazine rings is 1. The molecule has 0 atom stereocenters. The van der Waals surface area contributed by atoms with Gasteiger partial charge in [0.15, 0.2) is 5.82 Å². The third-order valence-corrected chi connectivity index (χ3v) is 5.38. The van der Waals surface area contributed by atoms with Crippen molar-refractivity contribution in [1.29, 1.82) is 0 Å². The Bertz CT molecular complexity index is 844.